The quantitative estimate of drug-likeness (QED) is 0.869. The van der Waals surface area contributed by atoms with E-state index in [4.69, 9.17) is 4.74 Å². The highest BCUT2D eigenvalue weighted by Crippen LogP contribution is 2.19. The second kappa shape index (κ2) is 6.99. The van der Waals surface area contributed by atoms with Crippen molar-refractivity contribution in [3.05, 3.63) is 34.1 Å². The molecule has 0 aliphatic heterocycles. The Bertz CT molecular complexity index is 333. The molecule has 0 amide bonds. The second-order valence-electron chi connectivity index (χ2n) is 3.61. The largest absolute Gasteiger partial charge is 0.377 e. The van der Waals surface area contributed by atoms with E-state index in [0.717, 1.165) is 12.1 Å². The fraction of sp³-hybridized carbons (Fsp3) is 0.500. The van der Waals surface area contributed by atoms with Gasteiger partial charge in [-0.3, -0.25) is 0 Å². The molecule has 1 unspecified atom stereocenters. The molecule has 1 atom stereocenters. The molecule has 0 aliphatic rings. The third-order valence-corrected chi connectivity index (χ3v) is 3.12. The molecule has 4 heteroatoms. The van der Waals surface area contributed by atoms with Crippen molar-refractivity contribution in [3.8, 4) is 0 Å². The van der Waals surface area contributed by atoms with Crippen molar-refractivity contribution < 1.29 is 9.13 Å². The summed E-state index contributed by atoms with van der Waals surface area (Å²) in [6.45, 7) is 6.09. The summed E-state index contributed by atoms with van der Waals surface area (Å²) < 4.78 is 19.1. The van der Waals surface area contributed by atoms with E-state index in [9.17, 15) is 4.39 Å². The van der Waals surface area contributed by atoms with Crippen molar-refractivity contribution in [2.24, 2.45) is 0 Å². The van der Waals surface area contributed by atoms with E-state index in [0.29, 0.717) is 17.6 Å². The lowest BCUT2D eigenvalue weighted by atomic mass is 10.2. The standard InChI is InChI=1S/C12H17BrFNO/c1-3-16-9(2)7-15-8-10-5-4-6-11(14)12(10)13/h4-6,9,15H,3,7-8H2,1-2H3. The van der Waals surface area contributed by atoms with Gasteiger partial charge < -0.3 is 10.1 Å². The lowest BCUT2D eigenvalue weighted by Gasteiger charge is -2.13. The van der Waals surface area contributed by atoms with Gasteiger partial charge in [0.25, 0.3) is 0 Å². The molecule has 0 heterocycles. The van der Waals surface area contributed by atoms with E-state index in [-0.39, 0.29) is 11.9 Å². The monoisotopic (exact) mass is 289 g/mol. The fourth-order valence-electron chi connectivity index (χ4n) is 1.44. The molecule has 0 saturated heterocycles. The fourth-order valence-corrected chi connectivity index (χ4v) is 1.84. The molecular formula is C12H17BrFNO. The Kier molecular flexibility index (Phi) is 5.95. The molecule has 0 bridgehead atoms. The number of ether oxygens (including phenoxy) is 1. The van der Waals surface area contributed by atoms with Gasteiger partial charge in [0, 0.05) is 19.7 Å². The van der Waals surface area contributed by atoms with Gasteiger partial charge in [-0.25, -0.2) is 4.39 Å². The predicted octanol–water partition coefficient (Wildman–Crippen LogP) is 3.10. The number of rotatable bonds is 6. The van der Waals surface area contributed by atoms with Gasteiger partial charge in [0.1, 0.15) is 5.82 Å². The lowest BCUT2D eigenvalue weighted by molar-refractivity contribution is 0.0759. The highest BCUT2D eigenvalue weighted by molar-refractivity contribution is 9.10. The average Bonchev–Trinajstić information content (AvgIpc) is 2.25. The van der Waals surface area contributed by atoms with Crippen LogP contribution in [0.2, 0.25) is 0 Å². The van der Waals surface area contributed by atoms with Crippen LogP contribution in [0.15, 0.2) is 22.7 Å². The van der Waals surface area contributed by atoms with Crippen LogP contribution in [0.3, 0.4) is 0 Å². The molecule has 2 nitrogen and oxygen atoms in total. The summed E-state index contributed by atoms with van der Waals surface area (Å²) >= 11 is 3.23. The van der Waals surface area contributed by atoms with E-state index in [1.807, 2.05) is 19.9 Å². The summed E-state index contributed by atoms with van der Waals surface area (Å²) in [5, 5.41) is 3.23. The van der Waals surface area contributed by atoms with E-state index in [1.54, 1.807) is 6.07 Å². The Hall–Kier alpha value is -0.450. The Balaban J connectivity index is 2.40. The smallest absolute Gasteiger partial charge is 0.137 e. The first-order valence-electron chi connectivity index (χ1n) is 5.40. The maximum atomic E-state index is 13.2. The molecule has 0 aromatic heterocycles. The normalized spacial score (nSPS) is 12.8. The van der Waals surface area contributed by atoms with Gasteiger partial charge in [-0.1, -0.05) is 12.1 Å². The first kappa shape index (κ1) is 13.6. The topological polar surface area (TPSA) is 21.3 Å². The Morgan fingerprint density at radius 3 is 2.94 bits per heavy atom. The van der Waals surface area contributed by atoms with Crippen LogP contribution in [0.25, 0.3) is 0 Å². The number of benzene rings is 1. The molecule has 1 aromatic rings. The Morgan fingerprint density at radius 1 is 1.50 bits per heavy atom. The maximum Gasteiger partial charge on any atom is 0.137 e. The van der Waals surface area contributed by atoms with Crippen LogP contribution in [0.4, 0.5) is 4.39 Å². The zero-order chi connectivity index (χ0) is 12.0. The summed E-state index contributed by atoms with van der Waals surface area (Å²) in [4.78, 5) is 0. The molecule has 0 aliphatic carbocycles. The zero-order valence-corrected chi connectivity index (χ0v) is 11.2. The second-order valence-corrected chi connectivity index (χ2v) is 4.40. The molecule has 1 rings (SSSR count). The van der Waals surface area contributed by atoms with Gasteiger partial charge in [0.15, 0.2) is 0 Å². The highest BCUT2D eigenvalue weighted by Gasteiger charge is 2.05. The molecule has 90 valence electrons. The van der Waals surface area contributed by atoms with Crippen molar-refractivity contribution in [1.29, 1.82) is 0 Å². The van der Waals surface area contributed by atoms with Gasteiger partial charge in [0.05, 0.1) is 10.6 Å². The van der Waals surface area contributed by atoms with E-state index < -0.39 is 0 Å². The van der Waals surface area contributed by atoms with Crippen molar-refractivity contribution >= 4 is 15.9 Å². The van der Waals surface area contributed by atoms with Crippen LogP contribution in [0, 0.1) is 5.82 Å². The highest BCUT2D eigenvalue weighted by atomic mass is 79.9. The SMILES string of the molecule is CCOC(C)CNCc1cccc(F)c1Br. The van der Waals surface area contributed by atoms with E-state index in [1.165, 1.54) is 6.07 Å². The Morgan fingerprint density at radius 2 is 2.25 bits per heavy atom. The van der Waals surface area contributed by atoms with Gasteiger partial charge in [-0.2, -0.15) is 0 Å². The van der Waals surface area contributed by atoms with Crippen molar-refractivity contribution in [1.82, 2.24) is 5.32 Å². The summed E-state index contributed by atoms with van der Waals surface area (Å²) in [6.07, 6.45) is 0.178. The molecule has 0 spiro atoms. The van der Waals surface area contributed by atoms with E-state index in [2.05, 4.69) is 21.2 Å². The molecule has 16 heavy (non-hydrogen) atoms. The minimum Gasteiger partial charge on any atom is -0.377 e. The zero-order valence-electron chi connectivity index (χ0n) is 9.59. The van der Waals surface area contributed by atoms with Crippen LogP contribution in [0.5, 0.6) is 0 Å². The molecule has 1 N–H and O–H groups in total. The maximum absolute atomic E-state index is 13.2. The first-order valence-corrected chi connectivity index (χ1v) is 6.19. The van der Waals surface area contributed by atoms with Crippen LogP contribution < -0.4 is 5.32 Å². The molecule has 0 fully saturated rings. The summed E-state index contributed by atoms with van der Waals surface area (Å²) in [5.41, 5.74) is 0.920. The molecule has 0 radical (unpaired) electrons. The summed E-state index contributed by atoms with van der Waals surface area (Å²) in [5.74, 6) is -0.225. The third-order valence-electron chi connectivity index (χ3n) is 2.23. The first-order chi connectivity index (χ1) is 7.65. The third kappa shape index (κ3) is 4.20. The molecule has 0 saturated carbocycles. The summed E-state index contributed by atoms with van der Waals surface area (Å²) in [6, 6.07) is 5.05. The van der Waals surface area contributed by atoms with Crippen LogP contribution >= 0.6 is 15.9 Å². The molecular weight excluding hydrogens is 273 g/mol. The minimum atomic E-state index is -0.225. The van der Waals surface area contributed by atoms with Gasteiger partial charge in [-0.15, -0.1) is 0 Å². The number of hydrogen-bond acceptors (Lipinski definition) is 2. The van der Waals surface area contributed by atoms with Gasteiger partial charge in [-0.05, 0) is 41.4 Å². The number of hydrogen-bond donors (Lipinski definition) is 1. The van der Waals surface area contributed by atoms with Gasteiger partial charge >= 0.3 is 0 Å². The van der Waals surface area contributed by atoms with Crippen molar-refractivity contribution in [2.45, 2.75) is 26.5 Å². The van der Waals surface area contributed by atoms with Crippen LogP contribution in [-0.4, -0.2) is 19.3 Å². The number of nitrogens with one attached hydrogen (secondary N) is 1. The van der Waals surface area contributed by atoms with Crippen LogP contribution in [0.1, 0.15) is 19.4 Å². The van der Waals surface area contributed by atoms with Crippen molar-refractivity contribution in [2.75, 3.05) is 13.2 Å². The average molecular weight is 290 g/mol. The van der Waals surface area contributed by atoms with Crippen molar-refractivity contribution in [3.63, 3.8) is 0 Å². The predicted molar refractivity (Wildman–Crippen MR) is 66.9 cm³/mol. The Labute approximate surface area is 104 Å². The lowest BCUT2D eigenvalue weighted by Crippen LogP contribution is -2.26. The summed E-state index contributed by atoms with van der Waals surface area (Å²) in [7, 11) is 0. The minimum absolute atomic E-state index is 0.178. The number of halogens is 2. The van der Waals surface area contributed by atoms with E-state index >= 15 is 0 Å². The van der Waals surface area contributed by atoms with Gasteiger partial charge in [0.2, 0.25) is 0 Å². The van der Waals surface area contributed by atoms with Crippen LogP contribution in [-0.2, 0) is 11.3 Å². The molecule has 1 aromatic carbocycles.